The van der Waals surface area contributed by atoms with Crippen LogP contribution >= 0.6 is 0 Å². The lowest BCUT2D eigenvalue weighted by atomic mass is 9.98. The first-order chi connectivity index (χ1) is 9.88. The Bertz CT molecular complexity index is 675. The average Bonchev–Trinajstić information content (AvgIpc) is 2.37. The van der Waals surface area contributed by atoms with E-state index in [-0.39, 0.29) is 5.84 Å². The Morgan fingerprint density at radius 3 is 2.05 bits per heavy atom. The maximum absolute atomic E-state index is 7.50. The molecule has 2 rings (SSSR count). The molecule has 0 heterocycles. The van der Waals surface area contributed by atoms with Crippen LogP contribution in [0.3, 0.4) is 0 Å². The fourth-order valence-corrected chi connectivity index (χ4v) is 2.50. The van der Waals surface area contributed by atoms with E-state index in [0.29, 0.717) is 5.92 Å². The second-order valence-corrected chi connectivity index (χ2v) is 5.67. The number of nitrogen functional groups attached to an aromatic ring is 1. The molecule has 2 aromatic rings. The van der Waals surface area contributed by atoms with Gasteiger partial charge in [0.15, 0.2) is 0 Å². The highest BCUT2D eigenvalue weighted by Crippen LogP contribution is 2.28. The van der Waals surface area contributed by atoms with Crippen LogP contribution in [0.2, 0.25) is 0 Å². The first-order valence-electron chi connectivity index (χ1n) is 7.12. The molecule has 0 radical (unpaired) electrons. The van der Waals surface area contributed by atoms with Gasteiger partial charge in [-0.1, -0.05) is 19.9 Å². The summed E-state index contributed by atoms with van der Waals surface area (Å²) in [5.41, 5.74) is 9.78. The van der Waals surface area contributed by atoms with Gasteiger partial charge in [-0.05, 0) is 66.8 Å². The summed E-state index contributed by atoms with van der Waals surface area (Å²) in [5.74, 6) is 2.17. The molecule has 21 heavy (non-hydrogen) atoms. The standard InChI is InChI=1S/C18H22N2O/c1-11(2)16-7-5-14(9-12(16)3)21-15-6-8-17(18(19)20)13(4)10-15/h5-11H,1-4H3,(H3,19,20). The summed E-state index contributed by atoms with van der Waals surface area (Å²) in [6.45, 7) is 8.41. The monoisotopic (exact) mass is 282 g/mol. The molecule has 110 valence electrons. The zero-order valence-corrected chi connectivity index (χ0v) is 13.0. The zero-order valence-electron chi connectivity index (χ0n) is 13.0. The van der Waals surface area contributed by atoms with Crippen LogP contribution < -0.4 is 10.5 Å². The van der Waals surface area contributed by atoms with E-state index >= 15 is 0 Å². The van der Waals surface area contributed by atoms with E-state index in [2.05, 4.69) is 32.9 Å². The van der Waals surface area contributed by atoms with E-state index in [1.165, 1.54) is 11.1 Å². The Kier molecular flexibility index (Phi) is 4.32. The van der Waals surface area contributed by atoms with Gasteiger partial charge in [-0.3, -0.25) is 5.41 Å². The highest BCUT2D eigenvalue weighted by atomic mass is 16.5. The van der Waals surface area contributed by atoms with Crippen molar-refractivity contribution in [2.24, 2.45) is 5.73 Å². The molecule has 3 nitrogen and oxygen atoms in total. The third-order valence-electron chi connectivity index (χ3n) is 3.59. The number of nitrogens with two attached hydrogens (primary N) is 1. The lowest BCUT2D eigenvalue weighted by molar-refractivity contribution is 0.481. The van der Waals surface area contributed by atoms with Gasteiger partial charge in [0.1, 0.15) is 17.3 Å². The molecule has 3 N–H and O–H groups in total. The summed E-state index contributed by atoms with van der Waals surface area (Å²) in [6.07, 6.45) is 0. The smallest absolute Gasteiger partial charge is 0.127 e. The maximum Gasteiger partial charge on any atom is 0.127 e. The third kappa shape index (κ3) is 3.43. The van der Waals surface area contributed by atoms with Gasteiger partial charge in [0.25, 0.3) is 0 Å². The van der Waals surface area contributed by atoms with Crippen LogP contribution in [0, 0.1) is 19.3 Å². The van der Waals surface area contributed by atoms with Crippen LogP contribution in [-0.4, -0.2) is 5.84 Å². The molecule has 0 saturated heterocycles. The molecule has 0 saturated carbocycles. The summed E-state index contributed by atoms with van der Waals surface area (Å²) in [4.78, 5) is 0. The second-order valence-electron chi connectivity index (χ2n) is 5.67. The van der Waals surface area contributed by atoms with Crippen molar-refractivity contribution in [3.8, 4) is 11.5 Å². The van der Waals surface area contributed by atoms with Crippen LogP contribution in [0.25, 0.3) is 0 Å². The van der Waals surface area contributed by atoms with Gasteiger partial charge in [-0.2, -0.15) is 0 Å². The van der Waals surface area contributed by atoms with Crippen LogP contribution in [-0.2, 0) is 0 Å². The van der Waals surface area contributed by atoms with Crippen molar-refractivity contribution in [1.82, 2.24) is 0 Å². The molecular formula is C18H22N2O. The van der Waals surface area contributed by atoms with Gasteiger partial charge in [-0.15, -0.1) is 0 Å². The third-order valence-corrected chi connectivity index (χ3v) is 3.59. The molecule has 0 fully saturated rings. The van der Waals surface area contributed by atoms with E-state index in [9.17, 15) is 0 Å². The summed E-state index contributed by atoms with van der Waals surface area (Å²) in [7, 11) is 0. The van der Waals surface area contributed by atoms with E-state index in [1.807, 2.05) is 31.2 Å². The van der Waals surface area contributed by atoms with Crippen molar-refractivity contribution in [2.45, 2.75) is 33.6 Å². The predicted molar refractivity (Wildman–Crippen MR) is 87.5 cm³/mol. The average molecular weight is 282 g/mol. The number of rotatable bonds is 4. The Hall–Kier alpha value is -2.29. The predicted octanol–water partition coefficient (Wildman–Crippen LogP) is 4.50. The number of amidine groups is 1. The molecule has 0 aromatic heterocycles. The van der Waals surface area contributed by atoms with Crippen LogP contribution in [0.15, 0.2) is 36.4 Å². The Labute approximate surface area is 126 Å². The van der Waals surface area contributed by atoms with Crippen LogP contribution in [0.5, 0.6) is 11.5 Å². The summed E-state index contributed by atoms with van der Waals surface area (Å²) < 4.78 is 5.90. The van der Waals surface area contributed by atoms with Crippen molar-refractivity contribution in [2.75, 3.05) is 0 Å². The van der Waals surface area contributed by atoms with E-state index < -0.39 is 0 Å². The van der Waals surface area contributed by atoms with Crippen molar-refractivity contribution in [1.29, 1.82) is 5.41 Å². The molecule has 0 amide bonds. The van der Waals surface area contributed by atoms with E-state index in [4.69, 9.17) is 15.9 Å². The molecule has 0 unspecified atom stereocenters. The molecule has 0 bridgehead atoms. The molecule has 0 aliphatic rings. The largest absolute Gasteiger partial charge is 0.457 e. The fourth-order valence-electron chi connectivity index (χ4n) is 2.50. The fraction of sp³-hybridized carbons (Fsp3) is 0.278. The Balaban J connectivity index is 2.24. The number of hydrogen-bond acceptors (Lipinski definition) is 2. The minimum Gasteiger partial charge on any atom is -0.457 e. The van der Waals surface area contributed by atoms with E-state index in [0.717, 1.165) is 22.6 Å². The summed E-state index contributed by atoms with van der Waals surface area (Å²) >= 11 is 0. The minimum absolute atomic E-state index is 0.0798. The molecular weight excluding hydrogens is 260 g/mol. The minimum atomic E-state index is 0.0798. The Morgan fingerprint density at radius 2 is 1.57 bits per heavy atom. The van der Waals surface area contributed by atoms with Gasteiger partial charge in [0.2, 0.25) is 0 Å². The topological polar surface area (TPSA) is 59.1 Å². The number of aryl methyl sites for hydroxylation is 2. The van der Waals surface area contributed by atoms with Crippen molar-refractivity contribution < 1.29 is 4.74 Å². The van der Waals surface area contributed by atoms with Crippen LogP contribution in [0.1, 0.15) is 42.0 Å². The van der Waals surface area contributed by atoms with Gasteiger partial charge < -0.3 is 10.5 Å². The second kappa shape index (κ2) is 6.00. The normalized spacial score (nSPS) is 10.7. The molecule has 0 spiro atoms. The van der Waals surface area contributed by atoms with Gasteiger partial charge in [0, 0.05) is 5.56 Å². The quantitative estimate of drug-likeness (QED) is 0.640. The molecule has 0 atom stereocenters. The lowest BCUT2D eigenvalue weighted by Gasteiger charge is -2.13. The Morgan fingerprint density at radius 1 is 1.00 bits per heavy atom. The highest BCUT2D eigenvalue weighted by Gasteiger charge is 2.07. The van der Waals surface area contributed by atoms with Crippen LogP contribution in [0.4, 0.5) is 0 Å². The van der Waals surface area contributed by atoms with Crippen molar-refractivity contribution in [3.63, 3.8) is 0 Å². The van der Waals surface area contributed by atoms with Gasteiger partial charge in [-0.25, -0.2) is 0 Å². The SMILES string of the molecule is Cc1cc(Oc2ccc(C(C)C)c(C)c2)ccc1C(=N)N. The van der Waals surface area contributed by atoms with Crippen molar-refractivity contribution in [3.05, 3.63) is 58.7 Å². The molecule has 0 aliphatic heterocycles. The lowest BCUT2D eigenvalue weighted by Crippen LogP contribution is -2.12. The van der Waals surface area contributed by atoms with Gasteiger partial charge >= 0.3 is 0 Å². The first kappa shape index (κ1) is 15.1. The van der Waals surface area contributed by atoms with E-state index in [1.54, 1.807) is 0 Å². The number of nitrogens with one attached hydrogen (secondary N) is 1. The summed E-state index contributed by atoms with van der Waals surface area (Å²) in [5, 5.41) is 7.50. The molecule has 3 heteroatoms. The number of hydrogen-bond donors (Lipinski definition) is 2. The molecule has 0 aliphatic carbocycles. The number of benzene rings is 2. The zero-order chi connectivity index (χ0) is 15.6. The first-order valence-corrected chi connectivity index (χ1v) is 7.12. The highest BCUT2D eigenvalue weighted by molar-refractivity contribution is 5.96. The van der Waals surface area contributed by atoms with Gasteiger partial charge in [0.05, 0.1) is 0 Å². The summed E-state index contributed by atoms with van der Waals surface area (Å²) in [6, 6.07) is 11.7. The van der Waals surface area contributed by atoms with Crippen molar-refractivity contribution >= 4 is 5.84 Å². The maximum atomic E-state index is 7.50. The number of ether oxygens (including phenoxy) is 1. The molecule has 2 aromatic carbocycles.